The fraction of sp³-hybridized carbons (Fsp3) is 0. The predicted octanol–water partition coefficient (Wildman–Crippen LogP) is 11.2. The van der Waals surface area contributed by atoms with Crippen LogP contribution in [-0.2, 0) is 0 Å². The SMILES string of the molecule is c1ccc(-c2ccc(-c3nc(-n4c5ccccc5c5c6c(ccc54)sc4ccccc46)nc4oc5ccccc5c34)cc2)cc1. The first-order valence-electron chi connectivity index (χ1n) is 15.0. The molecular weight excluding hydrogens is 571 g/mol. The van der Waals surface area contributed by atoms with Gasteiger partial charge in [-0.2, -0.15) is 4.98 Å². The number of nitrogens with zero attached hydrogens (tertiary/aromatic N) is 3. The molecule has 45 heavy (non-hydrogen) atoms. The van der Waals surface area contributed by atoms with E-state index in [2.05, 4.69) is 120 Å². The monoisotopic (exact) mass is 593 g/mol. The van der Waals surface area contributed by atoms with Gasteiger partial charge in [0.1, 0.15) is 5.58 Å². The van der Waals surface area contributed by atoms with Gasteiger partial charge < -0.3 is 4.42 Å². The molecule has 0 aliphatic heterocycles. The van der Waals surface area contributed by atoms with Crippen molar-refractivity contribution in [2.45, 2.75) is 0 Å². The molecule has 0 atom stereocenters. The van der Waals surface area contributed by atoms with Crippen LogP contribution in [0.2, 0.25) is 0 Å². The Hall–Kier alpha value is -5.78. The highest BCUT2D eigenvalue weighted by molar-refractivity contribution is 7.26. The van der Waals surface area contributed by atoms with Crippen LogP contribution in [0.25, 0.3) is 92.4 Å². The van der Waals surface area contributed by atoms with Gasteiger partial charge >= 0.3 is 0 Å². The number of furan rings is 1. The third-order valence-corrected chi connectivity index (χ3v) is 10.0. The summed E-state index contributed by atoms with van der Waals surface area (Å²) in [4.78, 5) is 10.5. The average molecular weight is 594 g/mol. The lowest BCUT2D eigenvalue weighted by atomic mass is 10.0. The van der Waals surface area contributed by atoms with E-state index in [-0.39, 0.29) is 0 Å². The van der Waals surface area contributed by atoms with Crippen LogP contribution in [0, 0.1) is 0 Å². The van der Waals surface area contributed by atoms with E-state index >= 15 is 0 Å². The van der Waals surface area contributed by atoms with Gasteiger partial charge in [0.25, 0.3) is 0 Å². The summed E-state index contributed by atoms with van der Waals surface area (Å²) in [6.07, 6.45) is 0. The fourth-order valence-corrected chi connectivity index (χ4v) is 7.98. The summed E-state index contributed by atoms with van der Waals surface area (Å²) in [7, 11) is 0. The van der Waals surface area contributed by atoms with Crippen LogP contribution >= 0.6 is 11.3 Å². The number of thiophene rings is 1. The molecule has 0 N–H and O–H groups in total. The second-order valence-electron chi connectivity index (χ2n) is 11.4. The van der Waals surface area contributed by atoms with E-state index in [1.807, 2.05) is 35.6 Å². The van der Waals surface area contributed by atoms with E-state index in [1.54, 1.807) is 0 Å². The molecule has 0 amide bonds. The van der Waals surface area contributed by atoms with Crippen LogP contribution in [0.15, 0.2) is 144 Å². The minimum atomic E-state index is 0.580. The van der Waals surface area contributed by atoms with E-state index < -0.39 is 0 Å². The van der Waals surface area contributed by atoms with Gasteiger partial charge in [-0.15, -0.1) is 11.3 Å². The molecule has 0 aliphatic carbocycles. The van der Waals surface area contributed by atoms with Crippen LogP contribution in [-0.4, -0.2) is 14.5 Å². The normalized spacial score (nSPS) is 12.0. The summed E-state index contributed by atoms with van der Waals surface area (Å²) in [5.41, 5.74) is 7.74. The summed E-state index contributed by atoms with van der Waals surface area (Å²) in [6, 6.07) is 48.9. The zero-order chi connectivity index (χ0) is 29.5. The van der Waals surface area contributed by atoms with Gasteiger partial charge in [-0.1, -0.05) is 109 Å². The van der Waals surface area contributed by atoms with Gasteiger partial charge in [-0.25, -0.2) is 4.98 Å². The van der Waals surface area contributed by atoms with Crippen LogP contribution in [0.5, 0.6) is 0 Å². The largest absolute Gasteiger partial charge is 0.437 e. The molecule has 210 valence electrons. The molecule has 0 aliphatic rings. The number of hydrogen-bond donors (Lipinski definition) is 0. The summed E-state index contributed by atoms with van der Waals surface area (Å²) in [5, 5.41) is 6.90. The zero-order valence-corrected chi connectivity index (χ0v) is 24.8. The Morgan fingerprint density at radius 1 is 0.467 bits per heavy atom. The number of aromatic nitrogens is 3. The molecule has 0 fully saturated rings. The minimum absolute atomic E-state index is 0.580. The van der Waals surface area contributed by atoms with Crippen molar-refractivity contribution in [3.8, 4) is 28.3 Å². The lowest BCUT2D eigenvalue weighted by Gasteiger charge is -2.10. The van der Waals surface area contributed by atoms with Crippen molar-refractivity contribution in [1.29, 1.82) is 0 Å². The van der Waals surface area contributed by atoms with E-state index in [0.717, 1.165) is 44.2 Å². The smallest absolute Gasteiger partial charge is 0.238 e. The highest BCUT2D eigenvalue weighted by Gasteiger charge is 2.22. The van der Waals surface area contributed by atoms with Crippen LogP contribution in [0.1, 0.15) is 0 Å². The van der Waals surface area contributed by atoms with Gasteiger partial charge in [0, 0.05) is 41.9 Å². The van der Waals surface area contributed by atoms with E-state index in [1.165, 1.54) is 36.5 Å². The molecule has 0 saturated carbocycles. The molecule has 0 radical (unpaired) electrons. The maximum Gasteiger partial charge on any atom is 0.238 e. The van der Waals surface area contributed by atoms with Crippen LogP contribution in [0.4, 0.5) is 0 Å². The van der Waals surface area contributed by atoms with E-state index in [4.69, 9.17) is 14.4 Å². The minimum Gasteiger partial charge on any atom is -0.437 e. The molecule has 4 nitrogen and oxygen atoms in total. The second kappa shape index (κ2) is 9.36. The van der Waals surface area contributed by atoms with Gasteiger partial charge in [0.2, 0.25) is 11.7 Å². The van der Waals surface area contributed by atoms with Crippen molar-refractivity contribution in [3.05, 3.63) is 140 Å². The number of benzene rings is 6. The lowest BCUT2D eigenvalue weighted by Crippen LogP contribution is -2.02. The van der Waals surface area contributed by atoms with Crippen molar-refractivity contribution < 1.29 is 4.42 Å². The topological polar surface area (TPSA) is 43.9 Å². The summed E-state index contributed by atoms with van der Waals surface area (Å²) in [6.45, 7) is 0. The lowest BCUT2D eigenvalue weighted by molar-refractivity contribution is 0.651. The van der Waals surface area contributed by atoms with Crippen molar-refractivity contribution in [3.63, 3.8) is 0 Å². The van der Waals surface area contributed by atoms with Gasteiger partial charge in [0.05, 0.1) is 22.1 Å². The standard InChI is InChI=1S/C40H23N3OS/c1-2-10-24(11-3-1)25-18-20-26(21-19-25)38-37-28-13-5-8-16-32(28)44-39(37)42-40(41-38)43-30-15-7-4-12-27(30)35-31(43)22-23-34-36(35)29-14-6-9-17-33(29)45-34/h1-23H. The molecule has 4 heterocycles. The van der Waals surface area contributed by atoms with Crippen molar-refractivity contribution in [2.24, 2.45) is 0 Å². The average Bonchev–Trinajstić information content (AvgIpc) is 3.77. The third kappa shape index (κ3) is 3.59. The van der Waals surface area contributed by atoms with Gasteiger partial charge in [-0.3, -0.25) is 4.57 Å². The zero-order valence-electron chi connectivity index (χ0n) is 23.9. The first-order valence-corrected chi connectivity index (χ1v) is 15.8. The Morgan fingerprint density at radius 2 is 1.16 bits per heavy atom. The molecule has 0 spiro atoms. The third-order valence-electron chi connectivity index (χ3n) is 8.87. The highest BCUT2D eigenvalue weighted by Crippen LogP contribution is 2.44. The number of para-hydroxylation sites is 2. The molecule has 4 aromatic heterocycles. The molecule has 5 heteroatoms. The van der Waals surface area contributed by atoms with Crippen molar-refractivity contribution in [1.82, 2.24) is 14.5 Å². The summed E-state index contributed by atoms with van der Waals surface area (Å²) < 4.78 is 11.2. The fourth-order valence-electron chi connectivity index (χ4n) is 6.86. The van der Waals surface area contributed by atoms with Crippen molar-refractivity contribution >= 4 is 75.4 Å². The van der Waals surface area contributed by atoms with Crippen molar-refractivity contribution in [2.75, 3.05) is 0 Å². The quantitative estimate of drug-likeness (QED) is 0.205. The Labute approximate surface area is 261 Å². The summed E-state index contributed by atoms with van der Waals surface area (Å²) >= 11 is 1.84. The number of rotatable bonds is 3. The molecule has 6 aromatic carbocycles. The maximum atomic E-state index is 6.42. The Kier molecular flexibility index (Phi) is 5.12. The number of fused-ring (bicyclic) bond motifs is 10. The van der Waals surface area contributed by atoms with E-state index in [9.17, 15) is 0 Å². The Bertz CT molecular complexity index is 2750. The molecule has 10 aromatic rings. The van der Waals surface area contributed by atoms with E-state index in [0.29, 0.717) is 11.7 Å². The molecule has 0 saturated heterocycles. The first-order chi connectivity index (χ1) is 22.3. The highest BCUT2D eigenvalue weighted by atomic mass is 32.1. The summed E-state index contributed by atoms with van der Waals surface area (Å²) in [5.74, 6) is 0.591. The van der Waals surface area contributed by atoms with Gasteiger partial charge in [0.15, 0.2) is 0 Å². The molecule has 0 bridgehead atoms. The maximum absolute atomic E-state index is 6.42. The Morgan fingerprint density at radius 3 is 2.02 bits per heavy atom. The van der Waals surface area contributed by atoms with Crippen LogP contribution < -0.4 is 0 Å². The van der Waals surface area contributed by atoms with Crippen LogP contribution in [0.3, 0.4) is 0 Å². The Balaban J connectivity index is 1.29. The molecule has 0 unspecified atom stereocenters. The number of hydrogen-bond acceptors (Lipinski definition) is 4. The van der Waals surface area contributed by atoms with Gasteiger partial charge in [-0.05, 0) is 41.5 Å². The predicted molar refractivity (Wildman–Crippen MR) is 187 cm³/mol. The second-order valence-corrected chi connectivity index (χ2v) is 12.5. The first kappa shape index (κ1) is 24.6. The molecule has 10 rings (SSSR count). The molecular formula is C40H23N3OS.